The molecule has 5 aromatic rings. The van der Waals surface area contributed by atoms with Gasteiger partial charge in [0.15, 0.2) is 52.8 Å². The number of imidazole rings is 1. The molecule has 2 amide bonds. The van der Waals surface area contributed by atoms with Crippen LogP contribution in [-0.2, 0) is 41.4 Å². The standard InChI is InChI=1S/C40H39F2N11O11P2S2/c1-4-40-19-60-66(68,58-15-9-13-44)64-31-29(42)25(61-38(31)53-21-47-30-34(53)49-39(51-37(30)56)50-35(54)22(2)3)18-59-65(67,57-14-8-12-43)63-26(40)16-27(62-40)52-17-24(41)28-32(45-20-46-33(28)52)48-36(55)23-10-6-5-7-11-23/h1,5-7,10-11,17,20-22,25-27,29,31,38,67-68H,8-9,14-16,18-19H2,2-3H3,(H-2,45,46,48,49,50,51,54,55,56)/p+2/t25-,26+,27-,29-,31-,38-,40-,65?,66?/m1/s1. The van der Waals surface area contributed by atoms with Crippen molar-refractivity contribution in [3.63, 3.8) is 0 Å². The molecule has 3 N–H and O–H groups in total. The molecule has 28 heteroatoms. The number of nitrogens with zero attached hydrogens (tertiary/aromatic N) is 8. The van der Waals surface area contributed by atoms with Crippen LogP contribution in [0.5, 0.6) is 0 Å². The van der Waals surface area contributed by atoms with Gasteiger partial charge in [0.05, 0.1) is 61.2 Å². The third-order valence-corrected chi connectivity index (χ3v) is 15.6. The van der Waals surface area contributed by atoms with E-state index in [0.29, 0.717) is 5.56 Å². The molecular formula is C40H41F2N11O11P2S2+2. The van der Waals surface area contributed by atoms with E-state index in [1.54, 1.807) is 44.2 Å². The molecule has 0 saturated carbocycles. The van der Waals surface area contributed by atoms with Gasteiger partial charge in [0, 0.05) is 24.1 Å². The van der Waals surface area contributed by atoms with Crippen LogP contribution in [0.2, 0.25) is 0 Å². The van der Waals surface area contributed by atoms with Crippen molar-refractivity contribution in [2.24, 2.45) is 5.92 Å². The Hall–Kier alpha value is -5.23. The molecule has 9 atom stereocenters. The van der Waals surface area contributed by atoms with Gasteiger partial charge >= 0.3 is 14.3 Å². The van der Waals surface area contributed by atoms with Crippen molar-refractivity contribution in [1.29, 1.82) is 10.5 Å². The predicted molar refractivity (Wildman–Crippen MR) is 244 cm³/mol. The Morgan fingerprint density at radius 3 is 2.46 bits per heavy atom. The minimum atomic E-state index is -4.15. The average Bonchev–Trinajstić information content (AvgIpc) is 4.08. The third-order valence-electron chi connectivity index (χ3n) is 10.7. The van der Waals surface area contributed by atoms with E-state index in [4.69, 9.17) is 67.5 Å². The van der Waals surface area contributed by atoms with Crippen LogP contribution in [0.4, 0.5) is 20.5 Å². The lowest BCUT2D eigenvalue weighted by Crippen LogP contribution is -2.44. The van der Waals surface area contributed by atoms with Crippen LogP contribution >= 0.6 is 38.8 Å². The van der Waals surface area contributed by atoms with Crippen LogP contribution in [0.25, 0.3) is 22.2 Å². The number of fused-ring (bicyclic) bond motifs is 5. The number of nitriles is 2. The van der Waals surface area contributed by atoms with Crippen LogP contribution in [0, 0.1) is 46.7 Å². The summed E-state index contributed by atoms with van der Waals surface area (Å²) < 4.78 is 85.7. The van der Waals surface area contributed by atoms with E-state index in [9.17, 15) is 24.9 Å². The van der Waals surface area contributed by atoms with Crippen molar-refractivity contribution in [2.75, 3.05) is 37.1 Å². The zero-order valence-corrected chi connectivity index (χ0v) is 39.4. The Balaban J connectivity index is 1.17. The topological polar surface area (TPSA) is 274 Å². The summed E-state index contributed by atoms with van der Waals surface area (Å²) >= 11 is 9.40. The highest BCUT2D eigenvalue weighted by atomic mass is 32.7. The number of amides is 2. The monoisotopic (exact) mass is 1020 g/mol. The van der Waals surface area contributed by atoms with E-state index in [0.717, 1.165) is 18.9 Å². The van der Waals surface area contributed by atoms with Gasteiger partial charge in [0.1, 0.15) is 50.9 Å². The maximum Gasteiger partial charge on any atom is 0.478 e. The molecule has 1 aromatic carbocycles. The molecule has 8 rings (SSSR count). The second-order valence-corrected chi connectivity index (χ2v) is 21.8. The summed E-state index contributed by atoms with van der Waals surface area (Å²) in [6.45, 7) is 1.38. The van der Waals surface area contributed by atoms with E-state index >= 15 is 8.78 Å². The number of benzene rings is 1. The second-order valence-electron chi connectivity index (χ2n) is 15.5. The number of carbonyl (C=O) groups excluding carboxylic acids is 2. The lowest BCUT2D eigenvalue weighted by Gasteiger charge is -2.30. The number of nitrogens with one attached hydrogen (secondary N) is 3. The Labute approximate surface area is 396 Å². The number of aromatic nitrogens is 7. The Bertz CT molecular complexity index is 2900. The lowest BCUT2D eigenvalue weighted by molar-refractivity contribution is -0.118. The highest BCUT2D eigenvalue weighted by Crippen LogP contribution is 2.72. The highest BCUT2D eigenvalue weighted by molar-refractivity contribution is 8.48. The molecule has 2 unspecified atom stereocenters. The first-order chi connectivity index (χ1) is 32.6. The van der Waals surface area contributed by atoms with Crippen LogP contribution in [-0.4, -0.2) is 102 Å². The minimum absolute atomic E-state index is 0.00731. The summed E-state index contributed by atoms with van der Waals surface area (Å²) in [5.74, 6) is -0.0981. The minimum Gasteiger partial charge on any atom is -0.346 e. The molecule has 356 valence electrons. The molecule has 7 heterocycles. The highest BCUT2D eigenvalue weighted by Gasteiger charge is 2.63. The van der Waals surface area contributed by atoms with Crippen molar-refractivity contribution >= 4 is 84.6 Å². The van der Waals surface area contributed by atoms with Gasteiger partial charge in [-0.15, -0.1) is 6.42 Å². The number of carbonyl (C=O) groups is 2. The van der Waals surface area contributed by atoms with Crippen LogP contribution in [0.3, 0.4) is 0 Å². The number of hydrogen-bond acceptors (Lipinski definition) is 19. The quantitative estimate of drug-likeness (QED) is 0.0417. The normalized spacial score (nSPS) is 28.4. The second kappa shape index (κ2) is 20.4. The first kappa shape index (κ1) is 49.2. The van der Waals surface area contributed by atoms with Gasteiger partial charge in [-0.3, -0.25) is 29.3 Å². The molecular weight excluding hydrogens is 975 g/mol. The fraction of sp³-hybridized carbons (Fsp3) is 0.425. The molecule has 0 aliphatic carbocycles. The van der Waals surface area contributed by atoms with Crippen molar-refractivity contribution in [3.8, 4) is 24.5 Å². The zero-order chi connectivity index (χ0) is 48.4. The summed E-state index contributed by atoms with van der Waals surface area (Å²) in [6, 6.07) is 12.1. The summed E-state index contributed by atoms with van der Waals surface area (Å²) in [7, 11) is -8.15. The molecule has 3 fully saturated rings. The molecule has 68 heavy (non-hydrogen) atoms. The van der Waals surface area contributed by atoms with Gasteiger partial charge in [0.25, 0.3) is 11.5 Å². The number of aromatic amines is 1. The van der Waals surface area contributed by atoms with Gasteiger partial charge in [-0.2, -0.15) is 42.7 Å². The molecule has 0 radical (unpaired) electrons. The molecule has 22 nitrogen and oxygen atoms in total. The van der Waals surface area contributed by atoms with Gasteiger partial charge in [-0.1, -0.05) is 38.0 Å². The maximum absolute atomic E-state index is 17.0. The van der Waals surface area contributed by atoms with E-state index in [1.165, 1.54) is 9.13 Å². The molecule has 0 spiro atoms. The molecule has 3 aliphatic heterocycles. The molecule has 4 aromatic heterocycles. The first-order valence-electron chi connectivity index (χ1n) is 20.6. The summed E-state index contributed by atoms with van der Waals surface area (Å²) in [4.78, 5) is 58.3. The smallest absolute Gasteiger partial charge is 0.346 e. The molecule has 3 aliphatic rings. The Morgan fingerprint density at radius 2 is 1.76 bits per heavy atom. The van der Waals surface area contributed by atoms with E-state index in [-0.39, 0.29) is 66.4 Å². The van der Waals surface area contributed by atoms with Crippen molar-refractivity contribution in [3.05, 3.63) is 70.9 Å². The number of ether oxygens (including phenoxy) is 2. The predicted octanol–water partition coefficient (Wildman–Crippen LogP) is 5.97. The zero-order valence-electron chi connectivity index (χ0n) is 35.8. The number of H-pyrrole nitrogens is 1. The summed E-state index contributed by atoms with van der Waals surface area (Å²) in [5, 5.41) is 23.8. The van der Waals surface area contributed by atoms with E-state index in [1.807, 2.05) is 12.1 Å². The largest absolute Gasteiger partial charge is 0.478 e. The van der Waals surface area contributed by atoms with E-state index < -0.39 is 99.2 Å². The van der Waals surface area contributed by atoms with Gasteiger partial charge in [-0.25, -0.2) is 23.7 Å². The van der Waals surface area contributed by atoms with E-state index in [2.05, 4.69) is 41.5 Å². The van der Waals surface area contributed by atoms with Crippen LogP contribution in [0.15, 0.2) is 54.0 Å². The van der Waals surface area contributed by atoms with Gasteiger partial charge < -0.3 is 19.4 Å². The van der Waals surface area contributed by atoms with Gasteiger partial charge in [-0.05, 0) is 12.1 Å². The van der Waals surface area contributed by atoms with Crippen molar-refractivity contribution in [2.45, 2.75) is 75.7 Å². The van der Waals surface area contributed by atoms with Gasteiger partial charge in [0.2, 0.25) is 11.9 Å². The summed E-state index contributed by atoms with van der Waals surface area (Å²) in [5.41, 5.74) is -2.77. The lowest BCUT2D eigenvalue weighted by atomic mass is 9.99. The van der Waals surface area contributed by atoms with Crippen molar-refractivity contribution < 1.29 is 55.0 Å². The maximum atomic E-state index is 17.0. The first-order valence-corrected chi connectivity index (χ1v) is 26.0. The number of alkyl halides is 1. The Morgan fingerprint density at radius 1 is 1.04 bits per heavy atom. The average molecular weight is 1020 g/mol. The number of rotatable bonds is 12. The third kappa shape index (κ3) is 10.1. The number of anilines is 2. The number of hydrogen-bond donors (Lipinski definition) is 5. The van der Waals surface area contributed by atoms with Crippen molar-refractivity contribution in [1.82, 2.24) is 34.1 Å². The fourth-order valence-electron chi connectivity index (χ4n) is 7.33. The SMILES string of the molecule is C#C[C@@]12CO[P+](S)(OCCC#N)O[C@@H]3[C@H](F)[C@@H](CO[P+](S)(OCCC#N)O[C@H]1C[C@H](n1cc(F)c4c(NC(=O)c5ccccc5)ncnc41)O2)O[C@H]3n1cnc2c(=O)[nH]c(NC(=O)C(C)C)nc21. The molecule has 3 saturated heterocycles. The Kier molecular flexibility index (Phi) is 14.8. The fourth-order valence-corrected chi connectivity index (χ4v) is 11.7. The van der Waals surface area contributed by atoms with Crippen LogP contribution < -0.4 is 16.2 Å². The summed E-state index contributed by atoms with van der Waals surface area (Å²) in [6.07, 6.45) is -0.208. The number of halogens is 2. The molecule has 2 bridgehead atoms. The number of terminal acetylenes is 1. The van der Waals surface area contributed by atoms with Crippen LogP contribution in [0.1, 0.15) is 55.9 Å². The number of thiol groups is 2.